The maximum atomic E-state index is 9.78. The molecule has 4 heteroatoms. The lowest BCUT2D eigenvalue weighted by atomic mass is 9.89. The van der Waals surface area contributed by atoms with E-state index in [2.05, 4.69) is 12.2 Å². The van der Waals surface area contributed by atoms with Crippen LogP contribution in [0.2, 0.25) is 0 Å². The molecule has 0 aromatic heterocycles. The average Bonchev–Trinajstić information content (AvgIpc) is 2.36. The van der Waals surface area contributed by atoms with Gasteiger partial charge in [0.15, 0.2) is 0 Å². The molecule has 4 nitrogen and oxygen atoms in total. The first kappa shape index (κ1) is 15.9. The van der Waals surface area contributed by atoms with Crippen LogP contribution < -0.4 is 5.32 Å². The van der Waals surface area contributed by atoms with Crippen molar-refractivity contribution in [2.24, 2.45) is 11.8 Å². The van der Waals surface area contributed by atoms with Gasteiger partial charge >= 0.3 is 0 Å². The van der Waals surface area contributed by atoms with Gasteiger partial charge in [-0.25, -0.2) is 0 Å². The topological polar surface area (TPSA) is 61.7 Å². The minimum atomic E-state index is -0.451. The molecule has 0 saturated heterocycles. The zero-order valence-electron chi connectivity index (χ0n) is 11.8. The fourth-order valence-corrected chi connectivity index (χ4v) is 2.40. The van der Waals surface area contributed by atoms with Gasteiger partial charge in [0, 0.05) is 13.2 Å². The molecule has 1 aliphatic carbocycles. The molecule has 0 aromatic carbocycles. The predicted molar refractivity (Wildman–Crippen MR) is 72.5 cm³/mol. The van der Waals surface area contributed by atoms with E-state index in [-0.39, 0.29) is 12.5 Å². The summed E-state index contributed by atoms with van der Waals surface area (Å²) in [7, 11) is 0. The van der Waals surface area contributed by atoms with Gasteiger partial charge in [-0.3, -0.25) is 0 Å². The van der Waals surface area contributed by atoms with Crippen molar-refractivity contribution in [3.63, 3.8) is 0 Å². The molecular weight excluding hydrogens is 230 g/mol. The molecule has 0 aliphatic heterocycles. The monoisotopic (exact) mass is 259 g/mol. The Morgan fingerprint density at radius 3 is 2.78 bits per heavy atom. The van der Waals surface area contributed by atoms with Crippen LogP contribution in [0.1, 0.15) is 39.5 Å². The van der Waals surface area contributed by atoms with Gasteiger partial charge in [0.2, 0.25) is 0 Å². The summed E-state index contributed by atoms with van der Waals surface area (Å²) in [6, 6.07) is 0. The van der Waals surface area contributed by atoms with E-state index in [4.69, 9.17) is 9.84 Å². The zero-order chi connectivity index (χ0) is 13.4. The van der Waals surface area contributed by atoms with E-state index >= 15 is 0 Å². The molecule has 4 atom stereocenters. The second-order valence-corrected chi connectivity index (χ2v) is 5.83. The zero-order valence-corrected chi connectivity index (χ0v) is 11.8. The largest absolute Gasteiger partial charge is 0.396 e. The third-order valence-corrected chi connectivity index (χ3v) is 3.60. The summed E-state index contributed by atoms with van der Waals surface area (Å²) >= 11 is 0. The number of ether oxygens (including phenoxy) is 1. The van der Waals surface area contributed by atoms with Gasteiger partial charge in [-0.1, -0.05) is 26.7 Å². The van der Waals surface area contributed by atoms with E-state index in [1.807, 2.05) is 6.92 Å². The number of hydrogen-bond donors (Lipinski definition) is 3. The fraction of sp³-hybridized carbons (Fsp3) is 1.00. The van der Waals surface area contributed by atoms with Crippen molar-refractivity contribution >= 4 is 0 Å². The van der Waals surface area contributed by atoms with E-state index in [1.54, 1.807) is 0 Å². The van der Waals surface area contributed by atoms with Crippen molar-refractivity contribution in [3.8, 4) is 0 Å². The van der Waals surface area contributed by atoms with Crippen molar-refractivity contribution in [1.29, 1.82) is 0 Å². The summed E-state index contributed by atoms with van der Waals surface area (Å²) in [6.45, 7) is 6.10. The molecule has 0 heterocycles. The Hall–Kier alpha value is -0.160. The highest BCUT2D eigenvalue weighted by Crippen LogP contribution is 2.25. The standard InChI is InChI=1S/C14H29NO3/c1-11-4-3-5-14(6-11)18-10-13(17)8-15-7-12(2)9-16/h11-17H,3-10H2,1-2H3. The first-order valence-electron chi connectivity index (χ1n) is 7.23. The summed E-state index contributed by atoms with van der Waals surface area (Å²) in [5.74, 6) is 0.988. The third kappa shape index (κ3) is 6.69. The molecule has 1 rings (SSSR count). The number of aliphatic hydroxyl groups is 2. The van der Waals surface area contributed by atoms with Gasteiger partial charge in [-0.2, -0.15) is 0 Å². The molecule has 1 fully saturated rings. The lowest BCUT2D eigenvalue weighted by Crippen LogP contribution is -2.35. The highest BCUT2D eigenvalue weighted by Gasteiger charge is 2.20. The van der Waals surface area contributed by atoms with Crippen LogP contribution in [0.15, 0.2) is 0 Å². The van der Waals surface area contributed by atoms with Crippen LogP contribution in [0, 0.1) is 11.8 Å². The molecule has 18 heavy (non-hydrogen) atoms. The SMILES string of the molecule is CC(CO)CNCC(O)COC1CCCC(C)C1. The Morgan fingerprint density at radius 2 is 2.11 bits per heavy atom. The van der Waals surface area contributed by atoms with Gasteiger partial charge in [-0.05, 0) is 31.2 Å². The van der Waals surface area contributed by atoms with E-state index in [0.29, 0.717) is 19.3 Å². The lowest BCUT2D eigenvalue weighted by Gasteiger charge is -2.27. The van der Waals surface area contributed by atoms with Gasteiger partial charge < -0.3 is 20.3 Å². The minimum absolute atomic E-state index is 0.180. The van der Waals surface area contributed by atoms with Crippen molar-refractivity contribution in [3.05, 3.63) is 0 Å². The number of nitrogens with one attached hydrogen (secondary N) is 1. The molecule has 1 aliphatic rings. The number of aliphatic hydroxyl groups excluding tert-OH is 2. The van der Waals surface area contributed by atoms with Crippen molar-refractivity contribution in [1.82, 2.24) is 5.32 Å². The van der Waals surface area contributed by atoms with E-state index in [1.165, 1.54) is 12.8 Å². The molecule has 108 valence electrons. The van der Waals surface area contributed by atoms with Gasteiger partial charge in [0.25, 0.3) is 0 Å². The van der Waals surface area contributed by atoms with Crippen molar-refractivity contribution in [2.45, 2.75) is 51.7 Å². The molecule has 0 amide bonds. The van der Waals surface area contributed by atoms with E-state index < -0.39 is 6.10 Å². The second-order valence-electron chi connectivity index (χ2n) is 5.83. The molecule has 1 saturated carbocycles. The van der Waals surface area contributed by atoms with Crippen molar-refractivity contribution in [2.75, 3.05) is 26.3 Å². The molecule has 3 N–H and O–H groups in total. The number of hydrogen-bond acceptors (Lipinski definition) is 4. The van der Waals surface area contributed by atoms with Crippen LogP contribution in [0.4, 0.5) is 0 Å². The molecule has 4 unspecified atom stereocenters. The van der Waals surface area contributed by atoms with Crippen LogP contribution >= 0.6 is 0 Å². The van der Waals surface area contributed by atoms with Crippen molar-refractivity contribution < 1.29 is 14.9 Å². The summed E-state index contributed by atoms with van der Waals surface area (Å²) in [4.78, 5) is 0. The Bertz CT molecular complexity index is 213. The quantitative estimate of drug-likeness (QED) is 0.612. The lowest BCUT2D eigenvalue weighted by molar-refractivity contribution is -0.0307. The normalized spacial score (nSPS) is 28.0. The fourth-order valence-electron chi connectivity index (χ4n) is 2.40. The highest BCUT2D eigenvalue weighted by atomic mass is 16.5. The summed E-state index contributed by atoms with van der Waals surface area (Å²) in [6.07, 6.45) is 4.69. The van der Waals surface area contributed by atoms with Crippen LogP contribution in [-0.2, 0) is 4.74 Å². The minimum Gasteiger partial charge on any atom is -0.396 e. The molecular formula is C14H29NO3. The number of rotatable bonds is 8. The van der Waals surface area contributed by atoms with Gasteiger partial charge in [-0.15, -0.1) is 0 Å². The van der Waals surface area contributed by atoms with Gasteiger partial charge in [0.05, 0.1) is 18.8 Å². The second kappa shape index (κ2) is 8.86. The predicted octanol–water partition coefficient (Wildman–Crippen LogP) is 1.16. The molecule has 0 spiro atoms. The van der Waals surface area contributed by atoms with E-state index in [9.17, 15) is 5.11 Å². The third-order valence-electron chi connectivity index (χ3n) is 3.60. The van der Waals surface area contributed by atoms with Gasteiger partial charge in [0.1, 0.15) is 0 Å². The maximum Gasteiger partial charge on any atom is 0.0897 e. The Morgan fingerprint density at radius 1 is 1.33 bits per heavy atom. The average molecular weight is 259 g/mol. The molecule has 0 radical (unpaired) electrons. The van der Waals surface area contributed by atoms with Crippen LogP contribution in [0.3, 0.4) is 0 Å². The molecule has 0 aromatic rings. The summed E-state index contributed by atoms with van der Waals surface area (Å²) < 4.78 is 5.76. The first-order valence-corrected chi connectivity index (χ1v) is 7.23. The van der Waals surface area contributed by atoms with Crippen LogP contribution in [0.25, 0.3) is 0 Å². The smallest absolute Gasteiger partial charge is 0.0897 e. The van der Waals surface area contributed by atoms with E-state index in [0.717, 1.165) is 25.3 Å². The Kier molecular flexibility index (Phi) is 7.82. The van der Waals surface area contributed by atoms with Crippen LogP contribution in [0.5, 0.6) is 0 Å². The first-order chi connectivity index (χ1) is 8.61. The van der Waals surface area contributed by atoms with Crippen LogP contribution in [-0.4, -0.2) is 48.7 Å². The maximum absolute atomic E-state index is 9.78. The Balaban J connectivity index is 2.03. The Labute approximate surface area is 111 Å². The highest BCUT2D eigenvalue weighted by molar-refractivity contribution is 4.71. The summed E-state index contributed by atoms with van der Waals surface area (Å²) in [5, 5.41) is 21.8. The molecule has 0 bridgehead atoms. The summed E-state index contributed by atoms with van der Waals surface area (Å²) in [5.41, 5.74) is 0.